The van der Waals surface area contributed by atoms with E-state index in [0.29, 0.717) is 31.3 Å². The van der Waals surface area contributed by atoms with E-state index < -0.39 is 0 Å². The van der Waals surface area contributed by atoms with Crippen LogP contribution in [-0.2, 0) is 11.3 Å². The number of nitrogens with one attached hydrogen (secondary N) is 3. The Labute approximate surface area is 206 Å². The van der Waals surface area contributed by atoms with Crippen molar-refractivity contribution < 1.29 is 4.79 Å². The van der Waals surface area contributed by atoms with Gasteiger partial charge in [-0.15, -0.1) is 24.0 Å². The van der Waals surface area contributed by atoms with Gasteiger partial charge in [0.1, 0.15) is 5.82 Å². The summed E-state index contributed by atoms with van der Waals surface area (Å²) in [6.07, 6.45) is 2.03. The highest BCUT2D eigenvalue weighted by Gasteiger charge is 2.09. The summed E-state index contributed by atoms with van der Waals surface area (Å²) in [7, 11) is 1.71. The maximum Gasteiger partial charge on any atom is 0.227 e. The molecule has 3 N–H and O–H groups in total. The molecule has 0 spiro atoms. The van der Waals surface area contributed by atoms with Crippen molar-refractivity contribution in [3.05, 3.63) is 71.2 Å². The zero-order chi connectivity index (χ0) is 22.2. The van der Waals surface area contributed by atoms with E-state index in [9.17, 15) is 4.79 Å². The Bertz CT molecular complexity index is 1060. The first-order valence-corrected chi connectivity index (χ1v) is 10.2. The lowest BCUT2D eigenvalue weighted by molar-refractivity contribution is -0.116. The molecular formula is C23H30IN7O. The molecule has 0 saturated carbocycles. The SMILES string of the molecule is CN=C(NCCC(=O)Nc1ccc(C)cn1)NCc1ccccc1-n1nc(C)cc1C.I. The first-order chi connectivity index (χ1) is 15.0. The quantitative estimate of drug-likeness (QED) is 0.239. The summed E-state index contributed by atoms with van der Waals surface area (Å²) in [6.45, 7) is 7.02. The number of carbonyl (C=O) groups excluding carboxylic acids is 1. The normalized spacial score (nSPS) is 10.9. The number of hydrogen-bond donors (Lipinski definition) is 3. The molecule has 9 heteroatoms. The minimum absolute atomic E-state index is 0. The number of anilines is 1. The van der Waals surface area contributed by atoms with Gasteiger partial charge in [-0.05, 0) is 50.1 Å². The number of carbonyl (C=O) groups is 1. The predicted octanol–water partition coefficient (Wildman–Crippen LogP) is 3.50. The van der Waals surface area contributed by atoms with Gasteiger partial charge < -0.3 is 16.0 Å². The second kappa shape index (κ2) is 12.2. The van der Waals surface area contributed by atoms with Crippen molar-refractivity contribution in [2.45, 2.75) is 33.7 Å². The third-order valence-electron chi connectivity index (χ3n) is 4.72. The second-order valence-corrected chi connectivity index (χ2v) is 7.34. The molecule has 170 valence electrons. The highest BCUT2D eigenvalue weighted by molar-refractivity contribution is 14.0. The van der Waals surface area contributed by atoms with Crippen LogP contribution in [0.5, 0.6) is 0 Å². The van der Waals surface area contributed by atoms with E-state index in [2.05, 4.69) is 49.2 Å². The zero-order valence-corrected chi connectivity index (χ0v) is 21.2. The van der Waals surface area contributed by atoms with Crippen molar-refractivity contribution in [1.29, 1.82) is 0 Å². The van der Waals surface area contributed by atoms with Crippen LogP contribution in [0.2, 0.25) is 0 Å². The Morgan fingerprint density at radius 1 is 1.09 bits per heavy atom. The van der Waals surface area contributed by atoms with Crippen molar-refractivity contribution in [3.8, 4) is 5.69 Å². The van der Waals surface area contributed by atoms with Gasteiger partial charge in [-0.2, -0.15) is 5.10 Å². The lowest BCUT2D eigenvalue weighted by Crippen LogP contribution is -2.38. The molecule has 0 aliphatic rings. The Morgan fingerprint density at radius 2 is 1.88 bits per heavy atom. The van der Waals surface area contributed by atoms with E-state index in [0.717, 1.165) is 28.2 Å². The summed E-state index contributed by atoms with van der Waals surface area (Å²) < 4.78 is 1.95. The molecule has 3 rings (SSSR count). The number of aryl methyl sites for hydroxylation is 3. The summed E-state index contributed by atoms with van der Waals surface area (Å²) in [5.41, 5.74) is 5.24. The molecule has 8 nitrogen and oxygen atoms in total. The zero-order valence-electron chi connectivity index (χ0n) is 18.8. The standard InChI is InChI=1S/C23H29N7O.HI/c1-16-9-10-21(26-14-16)28-22(31)11-12-25-23(24-4)27-15-19-7-5-6-8-20(19)30-18(3)13-17(2)29-30;/h5-10,13-14H,11-12,15H2,1-4H3,(H2,24,25,27)(H,26,28,31);1H. The number of nitrogens with zero attached hydrogens (tertiary/aromatic N) is 4. The van der Waals surface area contributed by atoms with Gasteiger partial charge in [0.05, 0.1) is 11.4 Å². The van der Waals surface area contributed by atoms with Crippen LogP contribution < -0.4 is 16.0 Å². The summed E-state index contributed by atoms with van der Waals surface area (Å²) in [6, 6.07) is 13.9. The number of amides is 1. The number of hydrogen-bond acceptors (Lipinski definition) is 4. The molecule has 1 aromatic carbocycles. The van der Waals surface area contributed by atoms with E-state index in [-0.39, 0.29) is 29.9 Å². The number of para-hydroxylation sites is 1. The number of halogens is 1. The summed E-state index contributed by atoms with van der Waals surface area (Å²) in [5.74, 6) is 1.08. The highest BCUT2D eigenvalue weighted by atomic mass is 127. The number of guanidine groups is 1. The number of benzene rings is 1. The molecule has 0 bridgehead atoms. The third kappa shape index (κ3) is 7.04. The molecule has 0 fully saturated rings. The van der Waals surface area contributed by atoms with Crippen LogP contribution in [0.15, 0.2) is 53.7 Å². The lowest BCUT2D eigenvalue weighted by atomic mass is 10.1. The van der Waals surface area contributed by atoms with Crippen LogP contribution in [0.4, 0.5) is 5.82 Å². The van der Waals surface area contributed by atoms with E-state index in [1.54, 1.807) is 19.3 Å². The fraction of sp³-hybridized carbons (Fsp3) is 0.304. The first-order valence-electron chi connectivity index (χ1n) is 10.2. The van der Waals surface area contributed by atoms with Gasteiger partial charge in [0.25, 0.3) is 0 Å². The van der Waals surface area contributed by atoms with Crippen LogP contribution >= 0.6 is 24.0 Å². The summed E-state index contributed by atoms with van der Waals surface area (Å²) in [5, 5.41) is 13.9. The van der Waals surface area contributed by atoms with Crippen LogP contribution in [0.3, 0.4) is 0 Å². The van der Waals surface area contributed by atoms with Crippen LogP contribution in [0, 0.1) is 20.8 Å². The van der Waals surface area contributed by atoms with Gasteiger partial charge in [-0.25, -0.2) is 9.67 Å². The smallest absolute Gasteiger partial charge is 0.227 e. The highest BCUT2D eigenvalue weighted by Crippen LogP contribution is 2.16. The summed E-state index contributed by atoms with van der Waals surface area (Å²) >= 11 is 0. The second-order valence-electron chi connectivity index (χ2n) is 7.34. The average Bonchev–Trinajstić information content (AvgIpc) is 3.10. The topological polar surface area (TPSA) is 96.2 Å². The molecule has 0 atom stereocenters. The molecule has 0 unspecified atom stereocenters. The van der Waals surface area contributed by atoms with E-state index in [1.165, 1.54) is 0 Å². The Balaban J connectivity index is 0.00000363. The van der Waals surface area contributed by atoms with Gasteiger partial charge in [-0.1, -0.05) is 24.3 Å². The van der Waals surface area contributed by atoms with Crippen LogP contribution in [0.25, 0.3) is 5.69 Å². The van der Waals surface area contributed by atoms with Crippen LogP contribution in [0.1, 0.15) is 28.9 Å². The molecular weight excluding hydrogens is 517 g/mol. The molecule has 2 heterocycles. The number of pyridine rings is 1. The van der Waals surface area contributed by atoms with Gasteiger partial charge >= 0.3 is 0 Å². The predicted molar refractivity (Wildman–Crippen MR) is 139 cm³/mol. The van der Waals surface area contributed by atoms with Crippen molar-refractivity contribution in [1.82, 2.24) is 25.4 Å². The summed E-state index contributed by atoms with van der Waals surface area (Å²) in [4.78, 5) is 20.6. The molecule has 3 aromatic rings. The van der Waals surface area contributed by atoms with Crippen molar-refractivity contribution in [2.24, 2.45) is 4.99 Å². The van der Waals surface area contributed by atoms with Crippen molar-refractivity contribution >= 4 is 41.7 Å². The van der Waals surface area contributed by atoms with Gasteiger partial charge in [0, 0.05) is 38.4 Å². The Morgan fingerprint density at radius 3 is 2.53 bits per heavy atom. The van der Waals surface area contributed by atoms with Crippen molar-refractivity contribution in [3.63, 3.8) is 0 Å². The number of aromatic nitrogens is 3. The van der Waals surface area contributed by atoms with Gasteiger partial charge in [0.2, 0.25) is 5.91 Å². The largest absolute Gasteiger partial charge is 0.356 e. The molecule has 0 aliphatic heterocycles. The molecule has 1 amide bonds. The lowest BCUT2D eigenvalue weighted by Gasteiger charge is -2.15. The Hall–Kier alpha value is -2.95. The maximum atomic E-state index is 12.1. The average molecular weight is 547 g/mol. The molecule has 32 heavy (non-hydrogen) atoms. The van der Waals surface area contributed by atoms with E-state index in [4.69, 9.17) is 0 Å². The monoisotopic (exact) mass is 547 g/mol. The van der Waals surface area contributed by atoms with E-state index >= 15 is 0 Å². The third-order valence-corrected chi connectivity index (χ3v) is 4.72. The molecule has 0 aliphatic carbocycles. The van der Waals surface area contributed by atoms with Gasteiger partial charge in [0.15, 0.2) is 5.96 Å². The minimum atomic E-state index is -0.103. The van der Waals surface area contributed by atoms with E-state index in [1.807, 2.05) is 43.7 Å². The minimum Gasteiger partial charge on any atom is -0.356 e. The molecule has 2 aromatic heterocycles. The maximum absolute atomic E-state index is 12.1. The molecule has 0 radical (unpaired) electrons. The molecule has 0 saturated heterocycles. The number of aliphatic imine (C=N–C) groups is 1. The van der Waals surface area contributed by atoms with Gasteiger partial charge in [-0.3, -0.25) is 9.79 Å². The fourth-order valence-corrected chi connectivity index (χ4v) is 3.18. The fourth-order valence-electron chi connectivity index (χ4n) is 3.18. The van der Waals surface area contributed by atoms with Crippen LogP contribution in [-0.4, -0.2) is 40.2 Å². The first kappa shape index (κ1) is 25.3. The Kier molecular flexibility index (Phi) is 9.63. The van der Waals surface area contributed by atoms with Crippen molar-refractivity contribution in [2.75, 3.05) is 18.9 Å². The number of rotatable bonds is 7.